The number of hydrogen-bond acceptors (Lipinski definition) is 5. The summed E-state index contributed by atoms with van der Waals surface area (Å²) in [6, 6.07) is 8.19. The standard InChI is InChI=1S/C25H32N4O3/c1-24(2,3)32-23(31)29-16-25(18-9-5-7-11-20(18)29)12-14-28(15-13-25)22-26-19-10-6-4-8-17(19)21(30)27-22/h5,7,9,11H,4,6,8,10,12-16H2,1-3H3,(H,26,27,30). The van der Waals surface area contributed by atoms with Gasteiger partial charge >= 0.3 is 6.09 Å². The van der Waals surface area contributed by atoms with E-state index in [0.717, 1.165) is 68.6 Å². The Morgan fingerprint density at radius 2 is 1.84 bits per heavy atom. The van der Waals surface area contributed by atoms with E-state index >= 15 is 0 Å². The summed E-state index contributed by atoms with van der Waals surface area (Å²) >= 11 is 0. The van der Waals surface area contributed by atoms with Gasteiger partial charge in [0.25, 0.3) is 5.56 Å². The van der Waals surface area contributed by atoms with E-state index in [-0.39, 0.29) is 17.1 Å². The van der Waals surface area contributed by atoms with Crippen LogP contribution in [-0.4, -0.2) is 41.3 Å². The summed E-state index contributed by atoms with van der Waals surface area (Å²) in [5.41, 5.74) is 3.40. The monoisotopic (exact) mass is 436 g/mol. The lowest BCUT2D eigenvalue weighted by molar-refractivity contribution is 0.0576. The lowest BCUT2D eigenvalue weighted by Gasteiger charge is -2.40. The SMILES string of the molecule is CC(C)(C)OC(=O)N1CC2(CCN(c3nc4c(c(=O)[nH]3)CCCC4)CC2)c2ccccc21. The van der Waals surface area contributed by atoms with E-state index in [0.29, 0.717) is 12.5 Å². The molecule has 1 aromatic carbocycles. The number of nitrogens with one attached hydrogen (secondary N) is 1. The van der Waals surface area contributed by atoms with Gasteiger partial charge in [-0.2, -0.15) is 0 Å². The fraction of sp³-hybridized carbons (Fsp3) is 0.560. The second kappa shape index (κ2) is 7.64. The molecular weight excluding hydrogens is 404 g/mol. The number of hydrogen-bond donors (Lipinski definition) is 1. The molecule has 1 amide bonds. The van der Waals surface area contributed by atoms with Crippen LogP contribution in [0.15, 0.2) is 29.1 Å². The number of aromatic amines is 1. The maximum atomic E-state index is 13.0. The van der Waals surface area contributed by atoms with Gasteiger partial charge in [0.15, 0.2) is 0 Å². The van der Waals surface area contributed by atoms with Gasteiger partial charge in [0.05, 0.1) is 11.4 Å². The van der Waals surface area contributed by atoms with E-state index < -0.39 is 5.60 Å². The number of piperidine rings is 1. The summed E-state index contributed by atoms with van der Waals surface area (Å²) in [4.78, 5) is 37.4. The third-order valence-electron chi connectivity index (χ3n) is 7.04. The van der Waals surface area contributed by atoms with Crippen LogP contribution in [0.2, 0.25) is 0 Å². The van der Waals surface area contributed by atoms with Gasteiger partial charge in [-0.25, -0.2) is 9.78 Å². The van der Waals surface area contributed by atoms with Gasteiger partial charge in [-0.05, 0) is 70.9 Å². The number of para-hydroxylation sites is 1. The van der Waals surface area contributed by atoms with Crippen LogP contribution in [0.1, 0.15) is 63.3 Å². The van der Waals surface area contributed by atoms with Gasteiger partial charge in [0.2, 0.25) is 5.95 Å². The van der Waals surface area contributed by atoms with Crippen molar-refractivity contribution in [3.8, 4) is 0 Å². The van der Waals surface area contributed by atoms with Crippen LogP contribution >= 0.6 is 0 Å². The number of fused-ring (bicyclic) bond motifs is 3. The number of anilines is 2. The topological polar surface area (TPSA) is 78.5 Å². The summed E-state index contributed by atoms with van der Waals surface area (Å²) in [5.74, 6) is 0.695. The normalized spacial score (nSPS) is 19.6. The minimum atomic E-state index is -0.533. The molecule has 0 unspecified atom stereocenters. The fourth-order valence-corrected chi connectivity index (χ4v) is 5.42. The maximum Gasteiger partial charge on any atom is 0.414 e. The van der Waals surface area contributed by atoms with E-state index in [4.69, 9.17) is 9.72 Å². The number of benzene rings is 1. The van der Waals surface area contributed by atoms with Gasteiger partial charge in [-0.1, -0.05) is 18.2 Å². The maximum absolute atomic E-state index is 13.0. The Balaban J connectivity index is 1.38. The van der Waals surface area contributed by atoms with Gasteiger partial charge in [0.1, 0.15) is 5.60 Å². The Morgan fingerprint density at radius 1 is 1.12 bits per heavy atom. The first kappa shape index (κ1) is 21.0. The molecule has 1 fully saturated rings. The number of carbonyl (C=O) groups is 1. The lowest BCUT2D eigenvalue weighted by Crippen LogP contribution is -2.47. The van der Waals surface area contributed by atoms with Crippen molar-refractivity contribution in [1.29, 1.82) is 0 Å². The molecule has 32 heavy (non-hydrogen) atoms. The Morgan fingerprint density at radius 3 is 2.59 bits per heavy atom. The number of carbonyl (C=O) groups excluding carboxylic acids is 1. The molecule has 3 heterocycles. The van der Waals surface area contributed by atoms with Crippen LogP contribution in [0, 0.1) is 0 Å². The number of amides is 1. The van der Waals surface area contributed by atoms with Crippen LogP contribution in [0.4, 0.5) is 16.4 Å². The van der Waals surface area contributed by atoms with E-state index in [1.807, 2.05) is 39.0 Å². The van der Waals surface area contributed by atoms with Crippen molar-refractivity contribution in [1.82, 2.24) is 9.97 Å². The second-order valence-corrected chi connectivity index (χ2v) is 10.4. The van der Waals surface area contributed by atoms with Gasteiger partial charge in [-0.15, -0.1) is 0 Å². The third kappa shape index (κ3) is 3.67. The molecule has 1 saturated heterocycles. The Kier molecular flexibility index (Phi) is 5.02. The molecule has 0 saturated carbocycles. The predicted molar refractivity (Wildman–Crippen MR) is 125 cm³/mol. The van der Waals surface area contributed by atoms with Gasteiger partial charge < -0.3 is 9.64 Å². The molecule has 1 aromatic heterocycles. The molecular formula is C25H32N4O3. The highest BCUT2D eigenvalue weighted by atomic mass is 16.6. The molecule has 0 radical (unpaired) electrons. The first-order chi connectivity index (χ1) is 15.3. The van der Waals surface area contributed by atoms with Gasteiger partial charge in [0, 0.05) is 30.6 Å². The number of aryl methyl sites for hydroxylation is 1. The van der Waals surface area contributed by atoms with Crippen molar-refractivity contribution < 1.29 is 9.53 Å². The zero-order valence-corrected chi connectivity index (χ0v) is 19.2. The smallest absolute Gasteiger partial charge is 0.414 e. The summed E-state index contributed by atoms with van der Waals surface area (Å²) < 4.78 is 5.70. The Labute approximate surface area is 188 Å². The van der Waals surface area contributed by atoms with Crippen molar-refractivity contribution >= 4 is 17.7 Å². The molecule has 7 nitrogen and oxygen atoms in total. The summed E-state index contributed by atoms with van der Waals surface area (Å²) in [6.45, 7) is 7.90. The van der Waals surface area contributed by atoms with Crippen LogP contribution in [0.25, 0.3) is 0 Å². The number of aromatic nitrogens is 2. The molecule has 2 aromatic rings. The predicted octanol–water partition coefficient (Wildman–Crippen LogP) is 3.94. The van der Waals surface area contributed by atoms with Crippen LogP contribution in [0.3, 0.4) is 0 Å². The zero-order valence-electron chi connectivity index (χ0n) is 19.2. The van der Waals surface area contributed by atoms with Crippen LogP contribution in [0.5, 0.6) is 0 Å². The van der Waals surface area contributed by atoms with Crippen molar-refractivity contribution in [2.45, 2.75) is 70.3 Å². The minimum Gasteiger partial charge on any atom is -0.443 e. The molecule has 2 aliphatic heterocycles. The van der Waals surface area contributed by atoms with Crippen molar-refractivity contribution in [2.75, 3.05) is 29.4 Å². The highest BCUT2D eigenvalue weighted by Crippen LogP contribution is 2.47. The van der Waals surface area contributed by atoms with Gasteiger partial charge in [-0.3, -0.25) is 14.7 Å². The Hall–Kier alpha value is -2.83. The third-order valence-corrected chi connectivity index (χ3v) is 7.04. The summed E-state index contributed by atoms with van der Waals surface area (Å²) in [7, 11) is 0. The minimum absolute atomic E-state index is 0.0206. The molecule has 0 atom stereocenters. The van der Waals surface area contributed by atoms with E-state index in [2.05, 4.69) is 16.0 Å². The average molecular weight is 437 g/mol. The highest BCUT2D eigenvalue weighted by molar-refractivity contribution is 5.91. The number of rotatable bonds is 1. The van der Waals surface area contributed by atoms with E-state index in [1.54, 1.807) is 4.90 Å². The molecule has 7 heteroatoms. The first-order valence-corrected chi connectivity index (χ1v) is 11.7. The second-order valence-electron chi connectivity index (χ2n) is 10.4. The largest absolute Gasteiger partial charge is 0.443 e. The molecule has 1 N–H and O–H groups in total. The molecule has 1 spiro atoms. The number of H-pyrrole nitrogens is 1. The summed E-state index contributed by atoms with van der Waals surface area (Å²) in [6.07, 6.45) is 5.39. The van der Waals surface area contributed by atoms with Crippen LogP contribution < -0.4 is 15.4 Å². The van der Waals surface area contributed by atoms with E-state index in [9.17, 15) is 9.59 Å². The molecule has 170 valence electrons. The molecule has 5 rings (SSSR count). The molecule has 1 aliphatic carbocycles. The quantitative estimate of drug-likeness (QED) is 0.733. The Bertz CT molecular complexity index is 1090. The number of nitrogens with zero attached hydrogens (tertiary/aromatic N) is 3. The number of ether oxygens (including phenoxy) is 1. The van der Waals surface area contributed by atoms with Crippen molar-refractivity contribution in [3.05, 3.63) is 51.4 Å². The van der Waals surface area contributed by atoms with Crippen LogP contribution in [-0.2, 0) is 23.0 Å². The fourth-order valence-electron chi connectivity index (χ4n) is 5.42. The first-order valence-electron chi connectivity index (χ1n) is 11.7. The van der Waals surface area contributed by atoms with E-state index in [1.165, 1.54) is 5.56 Å². The van der Waals surface area contributed by atoms with Crippen molar-refractivity contribution in [3.63, 3.8) is 0 Å². The lowest BCUT2D eigenvalue weighted by atomic mass is 9.74. The molecule has 0 bridgehead atoms. The van der Waals surface area contributed by atoms with Crippen molar-refractivity contribution in [2.24, 2.45) is 0 Å². The highest BCUT2D eigenvalue weighted by Gasteiger charge is 2.47. The summed E-state index contributed by atoms with van der Waals surface area (Å²) in [5, 5.41) is 0. The average Bonchev–Trinajstić information content (AvgIpc) is 3.08. The zero-order chi connectivity index (χ0) is 22.5. The molecule has 3 aliphatic rings.